The van der Waals surface area contributed by atoms with E-state index in [1.165, 1.54) is 57.8 Å². The molecule has 298 valence electrons. The first kappa shape index (κ1) is 49.0. The number of esters is 2. The Bertz CT molecular complexity index is 1040. The summed E-state index contributed by atoms with van der Waals surface area (Å²) in [5.74, 6) is -2.46. The van der Waals surface area contributed by atoms with E-state index >= 15 is 0 Å². The summed E-state index contributed by atoms with van der Waals surface area (Å²) in [7, 11) is 5.86. The third-order valence-electron chi connectivity index (χ3n) is 8.06. The molecular weight excluding hydrogens is 658 g/mol. The summed E-state index contributed by atoms with van der Waals surface area (Å²) < 4.78 is 22.3. The van der Waals surface area contributed by atoms with Gasteiger partial charge in [-0.25, -0.2) is 0 Å². The van der Waals surface area contributed by atoms with E-state index in [-0.39, 0.29) is 38.6 Å². The lowest BCUT2D eigenvalue weighted by Gasteiger charge is -2.26. The van der Waals surface area contributed by atoms with E-state index in [2.05, 4.69) is 56.4 Å². The van der Waals surface area contributed by atoms with Crippen LogP contribution in [0.2, 0.25) is 0 Å². The molecule has 52 heavy (non-hydrogen) atoms. The molecule has 0 aliphatic rings. The van der Waals surface area contributed by atoms with Gasteiger partial charge in [-0.15, -0.1) is 0 Å². The third kappa shape index (κ3) is 35.4. The zero-order valence-corrected chi connectivity index (χ0v) is 33.4. The predicted octanol–water partition coefficient (Wildman–Crippen LogP) is 8.49. The normalized spacial score (nSPS) is 13.6. The van der Waals surface area contributed by atoms with Crippen molar-refractivity contribution in [3.63, 3.8) is 0 Å². The van der Waals surface area contributed by atoms with Crippen LogP contribution < -0.4 is 5.11 Å². The second-order valence-electron chi connectivity index (χ2n) is 14.2. The van der Waals surface area contributed by atoms with Gasteiger partial charge in [-0.2, -0.15) is 0 Å². The highest BCUT2D eigenvalue weighted by Crippen LogP contribution is 2.13. The van der Waals surface area contributed by atoms with Crippen LogP contribution in [0, 0.1) is 0 Å². The van der Waals surface area contributed by atoms with Crippen LogP contribution >= 0.6 is 0 Å². The van der Waals surface area contributed by atoms with Crippen molar-refractivity contribution >= 4 is 17.9 Å². The molecule has 0 saturated carbocycles. The highest BCUT2D eigenvalue weighted by Gasteiger charge is 2.21. The second-order valence-corrected chi connectivity index (χ2v) is 14.2. The largest absolute Gasteiger partial charge is 0.545 e. The summed E-state index contributed by atoms with van der Waals surface area (Å²) in [6, 6.07) is 0. The van der Waals surface area contributed by atoms with Crippen molar-refractivity contribution in [2.45, 2.75) is 148 Å². The summed E-state index contributed by atoms with van der Waals surface area (Å²) in [5, 5.41) is 11.6. The number of nitrogens with zero attached hydrogens (tertiary/aromatic N) is 1. The molecule has 9 heteroatoms. The summed E-state index contributed by atoms with van der Waals surface area (Å²) >= 11 is 0. The molecule has 0 aromatic heterocycles. The molecule has 0 aromatic carbocycles. The molecule has 0 N–H and O–H groups in total. The van der Waals surface area contributed by atoms with E-state index in [0.717, 1.165) is 44.9 Å². The van der Waals surface area contributed by atoms with Gasteiger partial charge in [-0.05, 0) is 38.5 Å². The van der Waals surface area contributed by atoms with Crippen LogP contribution in [0.5, 0.6) is 0 Å². The van der Waals surface area contributed by atoms with Crippen LogP contribution in [-0.4, -0.2) is 82.3 Å². The van der Waals surface area contributed by atoms with Crippen molar-refractivity contribution in [3.05, 3.63) is 60.8 Å². The quantitative estimate of drug-likeness (QED) is 0.0210. The average Bonchev–Trinajstić information content (AvgIpc) is 3.09. The summed E-state index contributed by atoms with van der Waals surface area (Å²) in [6.07, 6.45) is 37.1. The molecule has 0 aliphatic carbocycles. The number of carbonyl (C=O) groups excluding carboxylic acids is 3. The monoisotopic (exact) mass is 732 g/mol. The van der Waals surface area contributed by atoms with Gasteiger partial charge < -0.3 is 33.3 Å². The summed E-state index contributed by atoms with van der Waals surface area (Å²) in [6.45, 7) is 4.48. The average molecular weight is 732 g/mol. The zero-order chi connectivity index (χ0) is 38.5. The molecule has 2 unspecified atom stereocenters. The number of carboxylic acid groups (broad SMARTS) is 1. The highest BCUT2D eigenvalue weighted by molar-refractivity contribution is 5.71. The van der Waals surface area contributed by atoms with Gasteiger partial charge in [0.15, 0.2) is 12.4 Å². The smallest absolute Gasteiger partial charge is 0.310 e. The first-order valence-corrected chi connectivity index (χ1v) is 19.9. The van der Waals surface area contributed by atoms with E-state index in [1.807, 2.05) is 33.3 Å². The molecule has 0 bridgehead atoms. The minimum absolute atomic E-state index is 0.0146. The van der Waals surface area contributed by atoms with Crippen molar-refractivity contribution in [2.24, 2.45) is 0 Å². The fraction of sp³-hybridized carbons (Fsp3) is 0.698. The number of carboxylic acids is 1. The maximum atomic E-state index is 12.6. The Labute approximate surface area is 316 Å². The molecule has 0 radical (unpaired) electrons. The third-order valence-corrected chi connectivity index (χ3v) is 8.06. The Morgan fingerprint density at radius 1 is 0.596 bits per heavy atom. The van der Waals surface area contributed by atoms with Crippen molar-refractivity contribution in [1.29, 1.82) is 0 Å². The SMILES string of the molecule is CC/C=C\C/C=C\C/C=C\C/C=C\C/C=C\CC(=O)OC(COC(=O)CCCCCCCCCCCCCC)COC(OCC[N+](C)(C)C)C(=O)[O-]. The van der Waals surface area contributed by atoms with Crippen LogP contribution in [0.3, 0.4) is 0 Å². The molecule has 0 spiro atoms. The maximum absolute atomic E-state index is 12.6. The lowest BCUT2D eigenvalue weighted by Crippen LogP contribution is -2.44. The molecule has 0 saturated heterocycles. The zero-order valence-electron chi connectivity index (χ0n) is 33.4. The lowest BCUT2D eigenvalue weighted by atomic mass is 10.0. The first-order chi connectivity index (χ1) is 25.1. The van der Waals surface area contributed by atoms with Crippen LogP contribution in [-0.2, 0) is 33.3 Å². The number of allylic oxidation sites excluding steroid dienone is 9. The van der Waals surface area contributed by atoms with Crippen molar-refractivity contribution in [3.8, 4) is 0 Å². The predicted molar refractivity (Wildman–Crippen MR) is 209 cm³/mol. The van der Waals surface area contributed by atoms with Gasteiger partial charge in [-0.1, -0.05) is 145 Å². The fourth-order valence-electron chi connectivity index (χ4n) is 4.96. The van der Waals surface area contributed by atoms with Gasteiger partial charge in [0, 0.05) is 6.42 Å². The molecule has 0 rings (SSSR count). The van der Waals surface area contributed by atoms with Crippen LogP contribution in [0.1, 0.15) is 136 Å². The van der Waals surface area contributed by atoms with E-state index in [0.29, 0.717) is 17.4 Å². The Balaban J connectivity index is 4.68. The van der Waals surface area contributed by atoms with E-state index in [1.54, 1.807) is 6.08 Å². The lowest BCUT2D eigenvalue weighted by molar-refractivity contribution is -0.870. The molecule has 0 fully saturated rings. The number of hydrogen-bond acceptors (Lipinski definition) is 8. The summed E-state index contributed by atoms with van der Waals surface area (Å²) in [5.41, 5.74) is 0. The number of likely N-dealkylation sites (N-methyl/N-ethyl adjacent to an activating group) is 1. The fourth-order valence-corrected chi connectivity index (χ4v) is 4.96. The van der Waals surface area contributed by atoms with Gasteiger partial charge in [0.1, 0.15) is 13.2 Å². The van der Waals surface area contributed by atoms with E-state index in [9.17, 15) is 19.5 Å². The molecule has 0 aromatic rings. The minimum atomic E-state index is -1.64. The Hall–Kier alpha value is -3.01. The van der Waals surface area contributed by atoms with Crippen molar-refractivity contribution in [1.82, 2.24) is 0 Å². The van der Waals surface area contributed by atoms with Gasteiger partial charge in [0.2, 0.25) is 0 Å². The first-order valence-electron chi connectivity index (χ1n) is 19.9. The topological polar surface area (TPSA) is 111 Å². The molecule has 0 aliphatic heterocycles. The van der Waals surface area contributed by atoms with Gasteiger partial charge in [-0.3, -0.25) is 9.59 Å². The highest BCUT2D eigenvalue weighted by atomic mass is 16.7. The number of unbranched alkanes of at least 4 members (excludes halogenated alkanes) is 11. The maximum Gasteiger partial charge on any atom is 0.310 e. The van der Waals surface area contributed by atoms with Crippen LogP contribution in [0.25, 0.3) is 0 Å². The van der Waals surface area contributed by atoms with Gasteiger partial charge in [0.25, 0.3) is 0 Å². The standard InChI is InChI=1S/C43H73NO8/c1-6-8-10-12-14-16-18-20-21-22-24-26-28-30-32-34-41(46)52-39(38-51-43(42(47)48)49-36-35-44(3,4)5)37-50-40(45)33-31-29-27-25-23-19-17-15-13-11-9-7-2/h8,10,14,16,20-21,24,26,30,32,39,43H,6-7,9,11-13,15,17-19,22-23,25,27-29,31,33-38H2,1-5H3/b10-8-,16-14-,21-20-,26-24-,32-30-. The number of rotatable bonds is 35. The number of hydrogen-bond donors (Lipinski definition) is 0. The van der Waals surface area contributed by atoms with E-state index in [4.69, 9.17) is 18.9 Å². The molecule has 9 nitrogen and oxygen atoms in total. The van der Waals surface area contributed by atoms with Gasteiger partial charge in [0.05, 0.1) is 46.7 Å². The Morgan fingerprint density at radius 3 is 1.56 bits per heavy atom. The molecular formula is C43H73NO8. The number of carbonyl (C=O) groups is 3. The number of quaternary nitrogens is 1. The Kier molecular flexibility index (Phi) is 33.0. The summed E-state index contributed by atoms with van der Waals surface area (Å²) in [4.78, 5) is 36.7. The van der Waals surface area contributed by atoms with Gasteiger partial charge >= 0.3 is 11.9 Å². The number of ether oxygens (including phenoxy) is 4. The van der Waals surface area contributed by atoms with Crippen LogP contribution in [0.4, 0.5) is 0 Å². The van der Waals surface area contributed by atoms with E-state index < -0.39 is 24.3 Å². The van der Waals surface area contributed by atoms with Crippen molar-refractivity contribution in [2.75, 3.05) is 47.5 Å². The minimum Gasteiger partial charge on any atom is -0.545 e. The number of aliphatic carboxylic acids is 1. The second kappa shape index (κ2) is 35.0. The molecule has 0 amide bonds. The van der Waals surface area contributed by atoms with Crippen LogP contribution in [0.15, 0.2) is 60.8 Å². The molecule has 0 heterocycles. The molecule has 2 atom stereocenters. The Morgan fingerprint density at radius 2 is 1.08 bits per heavy atom. The van der Waals surface area contributed by atoms with Crippen molar-refractivity contribution < 1.29 is 42.9 Å².